The molecule has 1 fully saturated rings. The summed E-state index contributed by atoms with van der Waals surface area (Å²) in [5.74, 6) is 0.382. The van der Waals surface area contributed by atoms with E-state index in [0.717, 1.165) is 59.9 Å². The third kappa shape index (κ3) is 7.71. The monoisotopic (exact) mass is 653 g/mol. The largest absolute Gasteiger partial charge is 0.361 e. The zero-order valence-electron chi connectivity index (χ0n) is 27.3. The fourth-order valence-corrected chi connectivity index (χ4v) is 7.50. The van der Waals surface area contributed by atoms with Crippen molar-refractivity contribution in [1.29, 1.82) is 0 Å². The normalized spacial score (nSPS) is 17.5. The van der Waals surface area contributed by atoms with E-state index in [1.54, 1.807) is 0 Å². The summed E-state index contributed by atoms with van der Waals surface area (Å²) in [7, 11) is 4.08. The predicted octanol–water partition coefficient (Wildman–Crippen LogP) is 5.95. The lowest BCUT2D eigenvalue weighted by molar-refractivity contribution is -0.127. The summed E-state index contributed by atoms with van der Waals surface area (Å²) in [6, 6.07) is 22.4. The molecule has 47 heavy (non-hydrogen) atoms. The highest BCUT2D eigenvalue weighted by Gasteiger charge is 2.35. The number of piperidine rings is 1. The number of amides is 3. The number of aromatic amines is 1. The van der Waals surface area contributed by atoms with Crippen molar-refractivity contribution in [3.05, 3.63) is 101 Å². The molecule has 0 bridgehead atoms. The fourth-order valence-electron chi connectivity index (χ4n) is 7.26. The van der Waals surface area contributed by atoms with Crippen LogP contribution in [-0.2, 0) is 22.4 Å². The highest BCUT2D eigenvalue weighted by atomic mass is 35.5. The van der Waals surface area contributed by atoms with Crippen molar-refractivity contribution in [3.8, 4) is 0 Å². The van der Waals surface area contributed by atoms with Crippen LogP contribution in [0.3, 0.4) is 0 Å². The minimum absolute atomic E-state index is 0.0637. The minimum atomic E-state index is -0.739. The summed E-state index contributed by atoms with van der Waals surface area (Å²) in [6.45, 7) is 2.76. The van der Waals surface area contributed by atoms with Gasteiger partial charge in [0, 0.05) is 72.4 Å². The van der Waals surface area contributed by atoms with Gasteiger partial charge in [-0.15, -0.1) is 0 Å². The number of H-pyrrole nitrogens is 1. The molecule has 6 rings (SSSR count). The molecule has 0 aliphatic carbocycles. The van der Waals surface area contributed by atoms with Crippen molar-refractivity contribution in [2.45, 2.75) is 44.6 Å². The van der Waals surface area contributed by atoms with Crippen molar-refractivity contribution in [2.24, 2.45) is 11.8 Å². The van der Waals surface area contributed by atoms with Gasteiger partial charge in [-0.2, -0.15) is 0 Å². The standard InChI is InChI=1S/C38H44ClN5O3/c1-42(2)24-27-21-31-32(39)12-8-14-35(31)44(25-27)38(47)34(22-29-23-40-33-13-7-6-11-30(29)33)41-36(45)16-15-26-17-19-43(20-18-26)37(46)28-9-4-3-5-10-28/h3-14,23,26-27,34,40H,15-22,24-25H2,1-2H3,(H,41,45). The van der Waals surface area contributed by atoms with Crippen molar-refractivity contribution < 1.29 is 14.4 Å². The Morgan fingerprint density at radius 2 is 1.70 bits per heavy atom. The van der Waals surface area contributed by atoms with Crippen LogP contribution in [0.15, 0.2) is 79.0 Å². The molecule has 246 valence electrons. The van der Waals surface area contributed by atoms with Crippen LogP contribution in [0.25, 0.3) is 10.9 Å². The number of para-hydroxylation sites is 1. The molecule has 1 saturated heterocycles. The maximum absolute atomic E-state index is 14.5. The highest BCUT2D eigenvalue weighted by Crippen LogP contribution is 2.36. The number of carbonyl (C=O) groups excluding carboxylic acids is 3. The number of nitrogens with zero attached hydrogens (tertiary/aromatic N) is 3. The van der Waals surface area contributed by atoms with E-state index < -0.39 is 6.04 Å². The van der Waals surface area contributed by atoms with Crippen molar-refractivity contribution >= 4 is 45.9 Å². The van der Waals surface area contributed by atoms with Crippen LogP contribution in [-0.4, -0.2) is 78.8 Å². The predicted molar refractivity (Wildman–Crippen MR) is 188 cm³/mol. The number of rotatable bonds is 10. The zero-order valence-corrected chi connectivity index (χ0v) is 28.0. The van der Waals surface area contributed by atoms with E-state index in [-0.39, 0.29) is 23.6 Å². The van der Waals surface area contributed by atoms with Crippen LogP contribution < -0.4 is 10.2 Å². The maximum atomic E-state index is 14.5. The van der Waals surface area contributed by atoms with Crippen molar-refractivity contribution in [1.82, 2.24) is 20.1 Å². The second-order valence-electron chi connectivity index (χ2n) is 13.3. The first-order valence-electron chi connectivity index (χ1n) is 16.7. The van der Waals surface area contributed by atoms with E-state index in [0.29, 0.717) is 49.0 Å². The minimum Gasteiger partial charge on any atom is -0.361 e. The van der Waals surface area contributed by atoms with Crippen LogP contribution in [0.2, 0.25) is 5.02 Å². The molecule has 9 heteroatoms. The molecule has 2 aliphatic rings. The molecule has 3 amide bonds. The first kappa shape index (κ1) is 32.8. The van der Waals surface area contributed by atoms with E-state index in [1.807, 2.05) is 103 Å². The molecule has 2 unspecified atom stereocenters. The Kier molecular flexibility index (Phi) is 10.3. The van der Waals surface area contributed by atoms with Gasteiger partial charge in [0.25, 0.3) is 5.91 Å². The Balaban J connectivity index is 1.15. The van der Waals surface area contributed by atoms with E-state index in [2.05, 4.69) is 15.2 Å². The highest BCUT2D eigenvalue weighted by molar-refractivity contribution is 6.32. The number of halogens is 1. The lowest BCUT2D eigenvalue weighted by Gasteiger charge is -2.38. The number of hydrogen-bond donors (Lipinski definition) is 2. The van der Waals surface area contributed by atoms with Crippen LogP contribution in [0.1, 0.15) is 47.2 Å². The average molecular weight is 654 g/mol. The molecule has 0 saturated carbocycles. The Morgan fingerprint density at radius 3 is 2.47 bits per heavy atom. The third-order valence-electron chi connectivity index (χ3n) is 9.64. The topological polar surface area (TPSA) is 88.8 Å². The lowest BCUT2D eigenvalue weighted by Crippen LogP contribution is -2.53. The molecule has 1 aromatic heterocycles. The van der Waals surface area contributed by atoms with Gasteiger partial charge in [0.05, 0.1) is 0 Å². The van der Waals surface area contributed by atoms with Crippen LogP contribution in [0, 0.1) is 11.8 Å². The van der Waals surface area contributed by atoms with Gasteiger partial charge in [0.15, 0.2) is 0 Å². The number of aromatic nitrogens is 1. The molecular formula is C38H44ClN5O3. The van der Waals surface area contributed by atoms with Crippen molar-refractivity contribution in [2.75, 3.05) is 45.2 Å². The zero-order chi connectivity index (χ0) is 32.9. The number of likely N-dealkylation sites (tertiary alicyclic amines) is 1. The van der Waals surface area contributed by atoms with Gasteiger partial charge in [-0.3, -0.25) is 14.4 Å². The first-order valence-corrected chi connectivity index (χ1v) is 17.1. The summed E-state index contributed by atoms with van der Waals surface area (Å²) in [5, 5.41) is 4.86. The Hall–Kier alpha value is -4.14. The molecule has 3 heterocycles. The van der Waals surface area contributed by atoms with Gasteiger partial charge >= 0.3 is 0 Å². The third-order valence-corrected chi connectivity index (χ3v) is 10.00. The molecule has 0 spiro atoms. The molecule has 2 aliphatic heterocycles. The SMILES string of the molecule is CN(C)CC1Cc2c(Cl)cccc2N(C(=O)C(Cc2c[nH]c3ccccc23)NC(=O)CCC2CCN(C(=O)c3ccccc3)CC2)C1. The summed E-state index contributed by atoms with van der Waals surface area (Å²) in [5.41, 5.74) is 4.51. The number of anilines is 1. The molecule has 4 aromatic rings. The molecule has 2 N–H and O–H groups in total. The van der Waals surface area contributed by atoms with Gasteiger partial charge in [-0.05, 0) is 93.1 Å². The number of nitrogens with one attached hydrogen (secondary N) is 2. The number of hydrogen-bond acceptors (Lipinski definition) is 4. The van der Waals surface area contributed by atoms with Gasteiger partial charge in [-0.1, -0.05) is 54.1 Å². The second kappa shape index (κ2) is 14.7. The Labute approximate surface area is 282 Å². The van der Waals surface area contributed by atoms with E-state index >= 15 is 0 Å². The Bertz CT molecular complexity index is 1710. The lowest BCUT2D eigenvalue weighted by atomic mass is 9.90. The van der Waals surface area contributed by atoms with Crippen LogP contribution in [0.4, 0.5) is 5.69 Å². The molecule has 8 nitrogen and oxygen atoms in total. The second-order valence-corrected chi connectivity index (χ2v) is 13.7. The maximum Gasteiger partial charge on any atom is 0.253 e. The quantitative estimate of drug-likeness (QED) is 0.222. The van der Waals surface area contributed by atoms with Crippen LogP contribution >= 0.6 is 11.6 Å². The van der Waals surface area contributed by atoms with Crippen molar-refractivity contribution in [3.63, 3.8) is 0 Å². The molecular weight excluding hydrogens is 610 g/mol. The first-order chi connectivity index (χ1) is 22.8. The molecule has 0 radical (unpaired) electrons. The number of benzene rings is 3. The fraction of sp³-hybridized carbons (Fsp3) is 0.395. The van der Waals surface area contributed by atoms with Crippen LogP contribution in [0.5, 0.6) is 0 Å². The molecule has 3 aromatic carbocycles. The summed E-state index contributed by atoms with van der Waals surface area (Å²) in [4.78, 5) is 50.2. The summed E-state index contributed by atoms with van der Waals surface area (Å²) in [6.07, 6.45) is 5.90. The van der Waals surface area contributed by atoms with Gasteiger partial charge < -0.3 is 25.0 Å². The van der Waals surface area contributed by atoms with E-state index in [9.17, 15) is 14.4 Å². The van der Waals surface area contributed by atoms with Gasteiger partial charge in [0.2, 0.25) is 11.8 Å². The number of fused-ring (bicyclic) bond motifs is 2. The Morgan fingerprint density at radius 1 is 0.957 bits per heavy atom. The van der Waals surface area contributed by atoms with Gasteiger partial charge in [-0.25, -0.2) is 0 Å². The van der Waals surface area contributed by atoms with E-state index in [4.69, 9.17) is 11.6 Å². The average Bonchev–Trinajstić information content (AvgIpc) is 3.49. The number of carbonyl (C=O) groups is 3. The molecule has 2 atom stereocenters. The summed E-state index contributed by atoms with van der Waals surface area (Å²) < 4.78 is 0. The van der Waals surface area contributed by atoms with Gasteiger partial charge in [0.1, 0.15) is 6.04 Å². The summed E-state index contributed by atoms with van der Waals surface area (Å²) >= 11 is 6.68. The van der Waals surface area contributed by atoms with E-state index in [1.165, 1.54) is 0 Å². The smallest absolute Gasteiger partial charge is 0.253 e.